The van der Waals surface area contributed by atoms with E-state index >= 15 is 0 Å². The number of hydrogen-bond acceptors (Lipinski definition) is 6. The molecule has 432 valence electrons. The highest BCUT2D eigenvalue weighted by atomic mass is 16.6. The Morgan fingerprint density at radius 3 is 0.827 bits per heavy atom. The first-order chi connectivity index (χ1) is 37.0. The molecule has 6 nitrogen and oxygen atoms in total. The van der Waals surface area contributed by atoms with E-state index in [-0.39, 0.29) is 31.1 Å². The molecule has 0 rings (SSSR count). The Kier molecular flexibility index (Phi) is 60.3. The van der Waals surface area contributed by atoms with Crippen molar-refractivity contribution in [3.63, 3.8) is 0 Å². The maximum absolute atomic E-state index is 12.9. The summed E-state index contributed by atoms with van der Waals surface area (Å²) in [6.45, 7) is 6.54. The predicted octanol–water partition coefficient (Wildman–Crippen LogP) is 21.9. The van der Waals surface area contributed by atoms with Crippen LogP contribution in [-0.4, -0.2) is 37.2 Å². The third-order valence-corrected chi connectivity index (χ3v) is 13.9. The van der Waals surface area contributed by atoms with Crippen LogP contribution in [0.4, 0.5) is 0 Å². The number of rotatable bonds is 58. The second-order valence-corrected chi connectivity index (χ2v) is 21.3. The number of hydrogen-bond donors (Lipinski definition) is 0. The lowest BCUT2D eigenvalue weighted by Crippen LogP contribution is -2.30. The van der Waals surface area contributed by atoms with E-state index in [1.807, 2.05) is 0 Å². The van der Waals surface area contributed by atoms with Crippen molar-refractivity contribution in [2.45, 2.75) is 322 Å². The quantitative estimate of drug-likeness (QED) is 0.0261. The van der Waals surface area contributed by atoms with Gasteiger partial charge in [-0.05, 0) is 96.3 Å². The van der Waals surface area contributed by atoms with Gasteiger partial charge in [-0.25, -0.2) is 0 Å². The maximum atomic E-state index is 12.9. The lowest BCUT2D eigenvalue weighted by Gasteiger charge is -2.18. The van der Waals surface area contributed by atoms with Gasteiger partial charge in [-0.3, -0.25) is 14.4 Å². The van der Waals surface area contributed by atoms with Gasteiger partial charge in [0.05, 0.1) is 0 Å². The standard InChI is InChI=1S/C69H120O6/c1-4-7-10-13-16-19-22-24-26-28-30-31-32-33-34-35-36-37-39-40-42-44-47-50-53-56-59-62-68(71)74-65-66(64-73-67(70)61-58-55-52-49-46-21-18-15-12-9-6-3)75-69(72)63-60-57-54-51-48-45-43-41-38-29-27-25-23-20-17-14-11-8-5-2/h7,10,16,19,24-27,30-31,33-34,36-37,66H,4-6,8-9,11-15,17-18,20-23,28-29,32,35,38-65H2,1-3H3/b10-7-,19-16-,26-24-,27-25-,31-30-,34-33-,37-36-. The molecular formula is C69H120O6. The van der Waals surface area contributed by atoms with Gasteiger partial charge in [-0.2, -0.15) is 0 Å². The summed E-state index contributed by atoms with van der Waals surface area (Å²) < 4.78 is 16.9. The molecule has 0 heterocycles. The van der Waals surface area contributed by atoms with Crippen molar-refractivity contribution in [3.8, 4) is 0 Å². The summed E-state index contributed by atoms with van der Waals surface area (Å²) in [7, 11) is 0. The van der Waals surface area contributed by atoms with Crippen LogP contribution in [-0.2, 0) is 28.6 Å². The fourth-order valence-corrected chi connectivity index (χ4v) is 9.09. The van der Waals surface area contributed by atoms with Crippen molar-refractivity contribution >= 4 is 17.9 Å². The third kappa shape index (κ3) is 61.3. The molecule has 6 heteroatoms. The van der Waals surface area contributed by atoms with Crippen LogP contribution in [0.25, 0.3) is 0 Å². The van der Waals surface area contributed by atoms with Gasteiger partial charge in [0.25, 0.3) is 0 Å². The topological polar surface area (TPSA) is 78.9 Å². The zero-order valence-electron chi connectivity index (χ0n) is 49.6. The largest absolute Gasteiger partial charge is 0.462 e. The predicted molar refractivity (Wildman–Crippen MR) is 325 cm³/mol. The molecule has 0 aromatic heterocycles. The fraction of sp³-hybridized carbons (Fsp3) is 0.754. The molecule has 0 aromatic carbocycles. The van der Waals surface area contributed by atoms with Crippen molar-refractivity contribution in [3.05, 3.63) is 85.1 Å². The van der Waals surface area contributed by atoms with E-state index in [1.165, 1.54) is 173 Å². The summed E-state index contributed by atoms with van der Waals surface area (Å²) in [5.74, 6) is -0.876. The van der Waals surface area contributed by atoms with Gasteiger partial charge in [-0.15, -0.1) is 0 Å². The van der Waals surface area contributed by atoms with Crippen molar-refractivity contribution < 1.29 is 28.6 Å². The minimum atomic E-state index is -0.780. The maximum Gasteiger partial charge on any atom is 0.306 e. The van der Waals surface area contributed by atoms with Crippen molar-refractivity contribution in [2.24, 2.45) is 0 Å². The first-order valence-corrected chi connectivity index (χ1v) is 32.1. The number of carbonyl (C=O) groups excluding carboxylic acids is 3. The summed E-state index contributed by atoms with van der Waals surface area (Å²) in [4.78, 5) is 38.3. The Bertz CT molecular complexity index is 1430. The molecule has 0 bridgehead atoms. The molecule has 0 amide bonds. The summed E-state index contributed by atoms with van der Waals surface area (Å²) in [6, 6.07) is 0. The number of ether oxygens (including phenoxy) is 3. The molecule has 75 heavy (non-hydrogen) atoms. The van der Waals surface area contributed by atoms with Crippen LogP contribution in [0.1, 0.15) is 316 Å². The molecule has 0 aromatic rings. The summed E-state index contributed by atoms with van der Waals surface area (Å²) in [5.41, 5.74) is 0. The van der Waals surface area contributed by atoms with Crippen molar-refractivity contribution in [1.29, 1.82) is 0 Å². The van der Waals surface area contributed by atoms with E-state index in [0.717, 1.165) is 103 Å². The average molecular weight is 1050 g/mol. The molecule has 0 N–H and O–H groups in total. The van der Waals surface area contributed by atoms with Gasteiger partial charge < -0.3 is 14.2 Å². The molecule has 1 atom stereocenters. The molecule has 0 radical (unpaired) electrons. The van der Waals surface area contributed by atoms with Crippen molar-refractivity contribution in [1.82, 2.24) is 0 Å². The lowest BCUT2D eigenvalue weighted by molar-refractivity contribution is -0.167. The monoisotopic (exact) mass is 1040 g/mol. The molecule has 0 saturated carbocycles. The smallest absolute Gasteiger partial charge is 0.306 e. The van der Waals surface area contributed by atoms with Crippen LogP contribution >= 0.6 is 0 Å². The zero-order chi connectivity index (χ0) is 54.3. The molecule has 0 aliphatic heterocycles. The van der Waals surface area contributed by atoms with Crippen molar-refractivity contribution in [2.75, 3.05) is 13.2 Å². The SMILES string of the molecule is CC/C=C\C/C=C\C/C=C\C/C=C\C/C=C\C/C=C\CCCCCCCCCCC(=O)OCC(COC(=O)CCCCCCCCCCCCC)OC(=O)CCCCCCCCCCC/C=C\CCCCCCCC. The van der Waals surface area contributed by atoms with Crippen LogP contribution < -0.4 is 0 Å². The third-order valence-electron chi connectivity index (χ3n) is 13.9. The van der Waals surface area contributed by atoms with E-state index in [4.69, 9.17) is 14.2 Å². The highest BCUT2D eigenvalue weighted by Gasteiger charge is 2.19. The van der Waals surface area contributed by atoms with Crippen LogP contribution in [0.3, 0.4) is 0 Å². The molecule has 0 saturated heterocycles. The van der Waals surface area contributed by atoms with Gasteiger partial charge in [0.15, 0.2) is 6.10 Å². The van der Waals surface area contributed by atoms with E-state index in [0.29, 0.717) is 19.3 Å². The zero-order valence-corrected chi connectivity index (χ0v) is 49.6. The van der Waals surface area contributed by atoms with Crippen LogP contribution in [0, 0.1) is 0 Å². The van der Waals surface area contributed by atoms with E-state index < -0.39 is 6.10 Å². The normalized spacial score (nSPS) is 12.6. The highest BCUT2D eigenvalue weighted by Crippen LogP contribution is 2.16. The van der Waals surface area contributed by atoms with Crippen LogP contribution in [0.5, 0.6) is 0 Å². The Morgan fingerprint density at radius 2 is 0.520 bits per heavy atom. The first-order valence-electron chi connectivity index (χ1n) is 32.1. The van der Waals surface area contributed by atoms with Crippen LogP contribution in [0.15, 0.2) is 85.1 Å². The van der Waals surface area contributed by atoms with Gasteiger partial charge in [0.1, 0.15) is 13.2 Å². The Balaban J connectivity index is 4.28. The summed E-state index contributed by atoms with van der Waals surface area (Å²) >= 11 is 0. The Hall–Kier alpha value is -3.41. The number of esters is 3. The van der Waals surface area contributed by atoms with Gasteiger partial charge >= 0.3 is 17.9 Å². The van der Waals surface area contributed by atoms with Gasteiger partial charge in [0, 0.05) is 19.3 Å². The summed E-state index contributed by atoms with van der Waals surface area (Å²) in [6.07, 6.45) is 83.0. The van der Waals surface area contributed by atoms with E-state index in [1.54, 1.807) is 0 Å². The van der Waals surface area contributed by atoms with E-state index in [2.05, 4.69) is 106 Å². The molecular weight excluding hydrogens is 925 g/mol. The highest BCUT2D eigenvalue weighted by molar-refractivity contribution is 5.71. The second-order valence-electron chi connectivity index (χ2n) is 21.3. The van der Waals surface area contributed by atoms with Crippen LogP contribution in [0.2, 0.25) is 0 Å². The van der Waals surface area contributed by atoms with E-state index in [9.17, 15) is 14.4 Å². The summed E-state index contributed by atoms with van der Waals surface area (Å²) in [5, 5.41) is 0. The Labute approximate surface area is 465 Å². The number of unbranched alkanes of at least 4 members (excludes halogenated alkanes) is 33. The molecule has 0 fully saturated rings. The first kappa shape index (κ1) is 71.6. The number of carbonyl (C=O) groups is 3. The lowest BCUT2D eigenvalue weighted by atomic mass is 10.1. The molecule has 0 spiro atoms. The average Bonchev–Trinajstić information content (AvgIpc) is 3.41. The molecule has 1 unspecified atom stereocenters. The Morgan fingerprint density at radius 1 is 0.280 bits per heavy atom. The molecule has 0 aliphatic carbocycles. The minimum Gasteiger partial charge on any atom is -0.462 e. The second kappa shape index (κ2) is 63.1. The molecule has 0 aliphatic rings. The number of allylic oxidation sites excluding steroid dienone is 14. The minimum absolute atomic E-state index is 0.0766. The van der Waals surface area contributed by atoms with Gasteiger partial charge in [-0.1, -0.05) is 286 Å². The van der Waals surface area contributed by atoms with Gasteiger partial charge in [0.2, 0.25) is 0 Å². The fourth-order valence-electron chi connectivity index (χ4n) is 9.09.